The van der Waals surface area contributed by atoms with E-state index in [1.165, 1.54) is 44.1 Å². The number of alkyl halides is 1. The van der Waals surface area contributed by atoms with Gasteiger partial charge in [0.25, 0.3) is 0 Å². The smallest absolute Gasteiger partial charge is 0.306 e. The second-order valence-electron chi connectivity index (χ2n) is 10.3. The summed E-state index contributed by atoms with van der Waals surface area (Å²) in [4.78, 5) is 24.6. The quantitative estimate of drug-likeness (QED) is 0.179. The molecule has 4 aliphatic rings. The zero-order valence-electron chi connectivity index (χ0n) is 18.1. The Labute approximate surface area is 189 Å². The van der Waals surface area contributed by atoms with E-state index in [9.17, 15) is 9.59 Å². The van der Waals surface area contributed by atoms with E-state index in [2.05, 4.69) is 36.4 Å². The molecule has 162 valence electrons. The van der Waals surface area contributed by atoms with Crippen LogP contribution in [0.25, 0.3) is 0 Å². The number of ether oxygens (including phenoxy) is 1. The molecule has 0 aromatic rings. The standard InChI is InChI=1S/C25H37IO3/c1-3-4-5-6-7-24(28)29-23-13-11-17-18-9-8-16-14-22(27)21(26)15-25(16,2)20(18)12-10-19(17)23/h14,17-21,23H,3-13,15H2,1-2H3/t17?,18?,19?,20?,21?,23?,25-/m0/s1. The van der Waals surface area contributed by atoms with Crippen LogP contribution in [-0.2, 0) is 14.3 Å². The van der Waals surface area contributed by atoms with E-state index in [0.29, 0.717) is 24.0 Å². The van der Waals surface area contributed by atoms with Gasteiger partial charge in [0.05, 0.1) is 3.92 Å². The summed E-state index contributed by atoms with van der Waals surface area (Å²) in [7, 11) is 0. The van der Waals surface area contributed by atoms with Crippen LogP contribution in [0.3, 0.4) is 0 Å². The minimum atomic E-state index is 0.0354. The Kier molecular flexibility index (Phi) is 6.77. The zero-order valence-corrected chi connectivity index (χ0v) is 20.3. The van der Waals surface area contributed by atoms with Crippen molar-refractivity contribution in [2.75, 3.05) is 0 Å². The summed E-state index contributed by atoms with van der Waals surface area (Å²) in [6, 6.07) is 0. The Bertz CT molecular complexity index is 671. The van der Waals surface area contributed by atoms with E-state index in [0.717, 1.165) is 43.9 Å². The fraction of sp³-hybridized carbons (Fsp3) is 0.840. The molecule has 3 saturated carbocycles. The van der Waals surface area contributed by atoms with Crippen molar-refractivity contribution in [2.24, 2.45) is 29.1 Å². The monoisotopic (exact) mass is 512 g/mol. The highest BCUT2D eigenvalue weighted by atomic mass is 127. The van der Waals surface area contributed by atoms with Crippen molar-refractivity contribution >= 4 is 34.3 Å². The van der Waals surface area contributed by atoms with Crippen molar-refractivity contribution in [1.82, 2.24) is 0 Å². The summed E-state index contributed by atoms with van der Waals surface area (Å²) in [5, 5.41) is 0. The van der Waals surface area contributed by atoms with E-state index < -0.39 is 0 Å². The van der Waals surface area contributed by atoms with Gasteiger partial charge < -0.3 is 4.74 Å². The normalized spacial score (nSPS) is 41.2. The second kappa shape index (κ2) is 9.00. The number of carbonyl (C=O) groups is 2. The molecule has 3 nitrogen and oxygen atoms in total. The number of ketones is 1. The Hall–Kier alpha value is -0.390. The number of rotatable bonds is 6. The second-order valence-corrected chi connectivity index (χ2v) is 11.8. The third kappa shape index (κ3) is 4.21. The number of fused-ring (bicyclic) bond motifs is 5. The van der Waals surface area contributed by atoms with Crippen molar-refractivity contribution < 1.29 is 14.3 Å². The number of hydrogen-bond acceptors (Lipinski definition) is 3. The summed E-state index contributed by atoms with van der Waals surface area (Å²) in [6.45, 7) is 4.64. The lowest BCUT2D eigenvalue weighted by Crippen LogP contribution is -2.49. The van der Waals surface area contributed by atoms with Gasteiger partial charge in [0.2, 0.25) is 0 Å². The highest BCUT2D eigenvalue weighted by Crippen LogP contribution is 2.62. The average Bonchev–Trinajstić information content (AvgIpc) is 3.09. The van der Waals surface area contributed by atoms with Gasteiger partial charge in [-0.15, -0.1) is 0 Å². The fourth-order valence-electron chi connectivity index (χ4n) is 7.25. The van der Waals surface area contributed by atoms with Crippen LogP contribution in [0.1, 0.15) is 90.9 Å². The number of hydrogen-bond donors (Lipinski definition) is 0. The van der Waals surface area contributed by atoms with Crippen LogP contribution < -0.4 is 0 Å². The zero-order chi connectivity index (χ0) is 20.6. The molecule has 0 bridgehead atoms. The van der Waals surface area contributed by atoms with Crippen LogP contribution in [0.15, 0.2) is 11.6 Å². The molecule has 0 aromatic heterocycles. The van der Waals surface area contributed by atoms with Crippen LogP contribution in [0.2, 0.25) is 0 Å². The van der Waals surface area contributed by atoms with Gasteiger partial charge in [0, 0.05) is 6.42 Å². The van der Waals surface area contributed by atoms with Gasteiger partial charge >= 0.3 is 5.97 Å². The van der Waals surface area contributed by atoms with E-state index >= 15 is 0 Å². The Morgan fingerprint density at radius 2 is 1.90 bits per heavy atom. The molecule has 29 heavy (non-hydrogen) atoms. The maximum atomic E-state index is 12.4. The molecule has 7 atom stereocenters. The third-order valence-corrected chi connectivity index (χ3v) is 9.79. The molecule has 0 heterocycles. The topological polar surface area (TPSA) is 43.4 Å². The number of halogens is 1. The predicted molar refractivity (Wildman–Crippen MR) is 124 cm³/mol. The highest BCUT2D eigenvalue weighted by Gasteiger charge is 2.56. The van der Waals surface area contributed by atoms with Crippen LogP contribution in [0, 0.1) is 29.1 Å². The molecule has 0 aliphatic heterocycles. The van der Waals surface area contributed by atoms with Gasteiger partial charge in [-0.2, -0.15) is 0 Å². The first-order chi connectivity index (χ1) is 13.9. The fourth-order valence-corrected chi connectivity index (χ4v) is 8.35. The van der Waals surface area contributed by atoms with Crippen LogP contribution >= 0.6 is 22.6 Å². The maximum Gasteiger partial charge on any atom is 0.306 e. The van der Waals surface area contributed by atoms with Gasteiger partial charge in [0.15, 0.2) is 5.78 Å². The van der Waals surface area contributed by atoms with Crippen molar-refractivity contribution in [3.05, 3.63) is 11.6 Å². The molecule has 4 aliphatic carbocycles. The molecular weight excluding hydrogens is 475 g/mol. The minimum absolute atomic E-state index is 0.0354. The Morgan fingerprint density at radius 1 is 1.10 bits per heavy atom. The lowest BCUT2D eigenvalue weighted by atomic mass is 9.50. The minimum Gasteiger partial charge on any atom is -0.462 e. The first-order valence-corrected chi connectivity index (χ1v) is 13.3. The molecule has 0 aromatic carbocycles. The van der Waals surface area contributed by atoms with Crippen LogP contribution in [-0.4, -0.2) is 21.8 Å². The van der Waals surface area contributed by atoms with Gasteiger partial charge in [-0.3, -0.25) is 9.59 Å². The molecule has 0 N–H and O–H groups in total. The summed E-state index contributed by atoms with van der Waals surface area (Å²) < 4.78 is 6.15. The van der Waals surface area contributed by atoms with Crippen LogP contribution in [0.4, 0.5) is 0 Å². The molecule has 0 spiro atoms. The SMILES string of the molecule is CCCCCCC(=O)OC1CCC2C1CCC1C2CCC2=CC(=O)C(I)C[C@@]21C. The number of esters is 1. The summed E-state index contributed by atoms with van der Waals surface area (Å²) in [6.07, 6.45) is 15.3. The third-order valence-electron chi connectivity index (χ3n) is 8.73. The highest BCUT2D eigenvalue weighted by molar-refractivity contribution is 14.1. The molecule has 4 heteroatoms. The van der Waals surface area contributed by atoms with Crippen LogP contribution in [0.5, 0.6) is 0 Å². The summed E-state index contributed by atoms with van der Waals surface area (Å²) in [5.41, 5.74) is 1.64. The van der Waals surface area contributed by atoms with Gasteiger partial charge in [-0.25, -0.2) is 0 Å². The van der Waals surface area contributed by atoms with Gasteiger partial charge in [0.1, 0.15) is 6.10 Å². The van der Waals surface area contributed by atoms with Crippen molar-refractivity contribution in [3.8, 4) is 0 Å². The molecule has 4 rings (SSSR count). The van der Waals surface area contributed by atoms with Crippen molar-refractivity contribution in [2.45, 2.75) is 101 Å². The lowest BCUT2D eigenvalue weighted by Gasteiger charge is -2.55. The van der Waals surface area contributed by atoms with Gasteiger partial charge in [-0.05, 0) is 86.5 Å². The Morgan fingerprint density at radius 3 is 2.69 bits per heavy atom. The molecule has 3 fully saturated rings. The summed E-state index contributed by atoms with van der Waals surface area (Å²) >= 11 is 2.36. The maximum absolute atomic E-state index is 12.4. The largest absolute Gasteiger partial charge is 0.462 e. The van der Waals surface area contributed by atoms with E-state index in [1.54, 1.807) is 0 Å². The number of carbonyl (C=O) groups excluding carboxylic acids is 2. The van der Waals surface area contributed by atoms with E-state index in [-0.39, 0.29) is 21.4 Å². The number of unbranched alkanes of at least 4 members (excludes halogenated alkanes) is 3. The number of allylic oxidation sites excluding steroid dienone is 1. The molecule has 0 radical (unpaired) electrons. The predicted octanol–water partition coefficient (Wildman–Crippen LogP) is 6.42. The molecule has 0 saturated heterocycles. The molecule has 0 amide bonds. The average molecular weight is 512 g/mol. The van der Waals surface area contributed by atoms with Gasteiger partial charge in [-0.1, -0.05) is 61.3 Å². The molecule has 6 unspecified atom stereocenters. The van der Waals surface area contributed by atoms with E-state index in [1.807, 2.05) is 6.08 Å². The first kappa shape index (κ1) is 21.8. The van der Waals surface area contributed by atoms with Crippen molar-refractivity contribution in [3.63, 3.8) is 0 Å². The Balaban J connectivity index is 1.39. The molecular formula is C25H37IO3. The summed E-state index contributed by atoms with van der Waals surface area (Å²) in [5.74, 6) is 3.12. The van der Waals surface area contributed by atoms with Crippen molar-refractivity contribution in [1.29, 1.82) is 0 Å². The first-order valence-electron chi connectivity index (χ1n) is 12.0. The van der Waals surface area contributed by atoms with E-state index in [4.69, 9.17) is 4.74 Å². The lowest BCUT2D eigenvalue weighted by molar-refractivity contribution is -0.153.